The summed E-state index contributed by atoms with van der Waals surface area (Å²) in [5, 5.41) is 18.5. The maximum absolute atomic E-state index is 10.7. The van der Waals surface area contributed by atoms with E-state index in [1.165, 1.54) is 0 Å². The highest BCUT2D eigenvalue weighted by molar-refractivity contribution is 6.73. The lowest BCUT2D eigenvalue weighted by Crippen LogP contribution is -2.49. The molecule has 1 atom stereocenters. The minimum Gasteiger partial charge on any atom is -0.409 e. The third-order valence-electron chi connectivity index (χ3n) is 5.86. The Labute approximate surface area is 174 Å². The first-order chi connectivity index (χ1) is 12.9. The fourth-order valence-corrected chi connectivity index (χ4v) is 7.15. The molecule has 2 rings (SSSR count). The molecular formula is C19H33Cl2N3O2Si. The number of piperidine rings is 1. The second-order valence-corrected chi connectivity index (χ2v) is 13.0. The van der Waals surface area contributed by atoms with Crippen molar-refractivity contribution < 1.29 is 9.53 Å². The van der Waals surface area contributed by atoms with Crippen molar-refractivity contribution in [2.24, 2.45) is 0 Å². The molecule has 1 saturated heterocycles. The third-order valence-corrected chi connectivity index (χ3v) is 11.1. The van der Waals surface area contributed by atoms with Gasteiger partial charge in [0.2, 0.25) is 0 Å². The standard InChI is InChI=1S/C19H33Cl2N3O2Si/c1-4-27(5-2,6-3)26-17(18-15(20)11-23-12-16(18)21)13-24-14-19(25)7-9-22-10-8-19/h11-12,17,22,24-25H,4-10,13-14H2,1-3H3. The van der Waals surface area contributed by atoms with E-state index in [4.69, 9.17) is 27.6 Å². The van der Waals surface area contributed by atoms with E-state index in [-0.39, 0.29) is 6.10 Å². The molecule has 2 heterocycles. The molecule has 3 N–H and O–H groups in total. The zero-order valence-electron chi connectivity index (χ0n) is 16.7. The highest BCUT2D eigenvalue weighted by Crippen LogP contribution is 2.36. The van der Waals surface area contributed by atoms with Crippen molar-refractivity contribution in [3.63, 3.8) is 0 Å². The molecule has 0 saturated carbocycles. The fraction of sp³-hybridized carbons (Fsp3) is 0.737. The van der Waals surface area contributed by atoms with Crippen LogP contribution >= 0.6 is 23.2 Å². The largest absolute Gasteiger partial charge is 0.409 e. The van der Waals surface area contributed by atoms with E-state index in [1.807, 2.05) is 0 Å². The van der Waals surface area contributed by atoms with Crippen molar-refractivity contribution in [2.45, 2.75) is 63.5 Å². The highest BCUT2D eigenvalue weighted by Gasteiger charge is 2.35. The van der Waals surface area contributed by atoms with Crippen LogP contribution in [0.4, 0.5) is 0 Å². The molecule has 1 fully saturated rings. The van der Waals surface area contributed by atoms with Gasteiger partial charge in [-0.25, -0.2) is 0 Å². The first-order valence-corrected chi connectivity index (χ1v) is 13.3. The molecule has 1 aliphatic rings. The number of hydrogen-bond acceptors (Lipinski definition) is 5. The normalized spacial score (nSPS) is 18.4. The van der Waals surface area contributed by atoms with Crippen LogP contribution in [0.5, 0.6) is 0 Å². The van der Waals surface area contributed by atoms with E-state index in [2.05, 4.69) is 36.4 Å². The number of halogens is 2. The van der Waals surface area contributed by atoms with Gasteiger partial charge in [0.05, 0.1) is 21.8 Å². The number of hydrogen-bond donors (Lipinski definition) is 3. The molecule has 1 aromatic heterocycles. The van der Waals surface area contributed by atoms with Gasteiger partial charge in [-0.05, 0) is 44.1 Å². The predicted molar refractivity (Wildman–Crippen MR) is 115 cm³/mol. The molecule has 1 aromatic rings. The molecule has 5 nitrogen and oxygen atoms in total. The van der Waals surface area contributed by atoms with Crippen LogP contribution in [0.2, 0.25) is 28.2 Å². The molecule has 0 aliphatic carbocycles. The van der Waals surface area contributed by atoms with Gasteiger partial charge in [-0.15, -0.1) is 0 Å². The van der Waals surface area contributed by atoms with Crippen LogP contribution in [0, 0.1) is 0 Å². The lowest BCUT2D eigenvalue weighted by Gasteiger charge is -2.36. The van der Waals surface area contributed by atoms with Gasteiger partial charge in [0.25, 0.3) is 0 Å². The summed E-state index contributed by atoms with van der Waals surface area (Å²) in [5.41, 5.74) is 0.126. The summed E-state index contributed by atoms with van der Waals surface area (Å²) in [4.78, 5) is 4.07. The average molecular weight is 434 g/mol. The second kappa shape index (κ2) is 10.5. The third kappa shape index (κ3) is 6.13. The van der Waals surface area contributed by atoms with E-state index in [1.54, 1.807) is 12.4 Å². The van der Waals surface area contributed by atoms with Crippen molar-refractivity contribution in [2.75, 3.05) is 26.2 Å². The zero-order chi connectivity index (χ0) is 19.9. The van der Waals surface area contributed by atoms with Crippen LogP contribution in [0.1, 0.15) is 45.3 Å². The predicted octanol–water partition coefficient (Wildman–Crippen LogP) is 4.16. The molecule has 0 amide bonds. The smallest absolute Gasteiger partial charge is 0.192 e. The Morgan fingerprint density at radius 2 is 1.74 bits per heavy atom. The lowest BCUT2D eigenvalue weighted by atomic mass is 9.92. The highest BCUT2D eigenvalue weighted by atomic mass is 35.5. The summed E-state index contributed by atoms with van der Waals surface area (Å²) in [7, 11) is -1.87. The van der Waals surface area contributed by atoms with Crippen molar-refractivity contribution in [1.29, 1.82) is 0 Å². The van der Waals surface area contributed by atoms with E-state index in [0.29, 0.717) is 23.1 Å². The Bertz CT molecular complexity index is 568. The van der Waals surface area contributed by atoms with Crippen molar-refractivity contribution in [1.82, 2.24) is 15.6 Å². The molecule has 1 aliphatic heterocycles. The Morgan fingerprint density at radius 1 is 1.19 bits per heavy atom. The zero-order valence-corrected chi connectivity index (χ0v) is 19.2. The molecular weight excluding hydrogens is 401 g/mol. The maximum Gasteiger partial charge on any atom is 0.192 e. The summed E-state index contributed by atoms with van der Waals surface area (Å²) < 4.78 is 6.74. The number of rotatable bonds is 10. The summed E-state index contributed by atoms with van der Waals surface area (Å²) in [5.74, 6) is 0. The Hall–Kier alpha value is -0.213. The van der Waals surface area contributed by atoms with Gasteiger partial charge in [-0.1, -0.05) is 44.0 Å². The number of nitrogens with zero attached hydrogens (tertiary/aromatic N) is 1. The molecule has 0 radical (unpaired) electrons. The number of aliphatic hydroxyl groups is 1. The van der Waals surface area contributed by atoms with Gasteiger partial charge >= 0.3 is 0 Å². The van der Waals surface area contributed by atoms with Crippen LogP contribution in [0.3, 0.4) is 0 Å². The van der Waals surface area contributed by atoms with Gasteiger partial charge in [0.15, 0.2) is 8.32 Å². The summed E-state index contributed by atoms with van der Waals surface area (Å²) in [6, 6.07) is 3.14. The average Bonchev–Trinajstić information content (AvgIpc) is 2.66. The van der Waals surface area contributed by atoms with E-state index in [0.717, 1.165) is 49.6 Å². The topological polar surface area (TPSA) is 66.4 Å². The van der Waals surface area contributed by atoms with Crippen LogP contribution in [-0.2, 0) is 4.43 Å². The number of pyridine rings is 1. The van der Waals surface area contributed by atoms with Gasteiger partial charge in [0, 0.05) is 31.0 Å². The van der Waals surface area contributed by atoms with Gasteiger partial charge in [-0.3, -0.25) is 4.98 Å². The van der Waals surface area contributed by atoms with Gasteiger partial charge in [0.1, 0.15) is 0 Å². The first-order valence-electron chi connectivity index (χ1n) is 9.99. The Kier molecular flexibility index (Phi) is 9.00. The molecule has 0 spiro atoms. The lowest BCUT2D eigenvalue weighted by molar-refractivity contribution is 0.00906. The van der Waals surface area contributed by atoms with Crippen LogP contribution in [0.15, 0.2) is 12.4 Å². The minimum atomic E-state index is -1.87. The molecule has 27 heavy (non-hydrogen) atoms. The molecule has 1 unspecified atom stereocenters. The van der Waals surface area contributed by atoms with Crippen molar-refractivity contribution >= 4 is 31.5 Å². The van der Waals surface area contributed by atoms with E-state index < -0.39 is 13.9 Å². The maximum atomic E-state index is 10.7. The Morgan fingerprint density at radius 3 is 2.26 bits per heavy atom. The summed E-state index contributed by atoms with van der Waals surface area (Å²) in [6.07, 6.45) is 4.49. The minimum absolute atomic E-state index is 0.246. The van der Waals surface area contributed by atoms with Gasteiger partial charge < -0.3 is 20.2 Å². The molecule has 0 aromatic carbocycles. The SMILES string of the molecule is CC[Si](CC)(CC)OC(CNCC1(O)CCNCC1)c1c(Cl)cncc1Cl. The number of nitrogens with one attached hydrogen (secondary N) is 2. The van der Waals surface area contributed by atoms with Crippen LogP contribution < -0.4 is 10.6 Å². The molecule has 0 bridgehead atoms. The monoisotopic (exact) mass is 433 g/mol. The number of aromatic nitrogens is 1. The van der Waals surface area contributed by atoms with Gasteiger partial charge in [-0.2, -0.15) is 0 Å². The quantitative estimate of drug-likeness (QED) is 0.483. The first kappa shape index (κ1) is 23.1. The molecule has 154 valence electrons. The summed E-state index contributed by atoms with van der Waals surface area (Å²) >= 11 is 12.9. The Balaban J connectivity index is 2.16. The van der Waals surface area contributed by atoms with Crippen molar-refractivity contribution in [3.05, 3.63) is 28.0 Å². The summed E-state index contributed by atoms with van der Waals surface area (Å²) in [6.45, 7) is 9.41. The fourth-order valence-electron chi connectivity index (χ4n) is 3.74. The van der Waals surface area contributed by atoms with E-state index >= 15 is 0 Å². The van der Waals surface area contributed by atoms with Crippen LogP contribution in [-0.4, -0.2) is 50.2 Å². The van der Waals surface area contributed by atoms with E-state index in [9.17, 15) is 5.11 Å². The van der Waals surface area contributed by atoms with Crippen molar-refractivity contribution in [3.8, 4) is 0 Å². The molecule has 8 heteroatoms. The second-order valence-electron chi connectivity index (χ2n) is 7.47. The van der Waals surface area contributed by atoms with Crippen LogP contribution in [0.25, 0.3) is 0 Å².